The van der Waals surface area contributed by atoms with Crippen molar-refractivity contribution in [1.82, 2.24) is 0 Å². The van der Waals surface area contributed by atoms with E-state index in [1.807, 2.05) is 13.8 Å². The van der Waals surface area contributed by atoms with E-state index in [1.165, 1.54) is 0 Å². The summed E-state index contributed by atoms with van der Waals surface area (Å²) in [5.41, 5.74) is 0.991. The average molecular weight is 300 g/mol. The molecule has 3 unspecified atom stereocenters. The van der Waals surface area contributed by atoms with Crippen molar-refractivity contribution in [2.24, 2.45) is 0 Å². The van der Waals surface area contributed by atoms with E-state index in [2.05, 4.69) is 25.7 Å². The molecule has 0 aromatic carbocycles. The SMILES string of the molecule is CC1(C)OCC(C(O[Si](C)(C)C)C2=CCCCC2O)O1. The van der Waals surface area contributed by atoms with Gasteiger partial charge < -0.3 is 19.0 Å². The first-order valence-corrected chi connectivity index (χ1v) is 11.0. The normalized spacial score (nSPS) is 32.0. The number of ether oxygens (including phenoxy) is 2. The minimum Gasteiger partial charge on any atom is -0.408 e. The van der Waals surface area contributed by atoms with E-state index in [1.54, 1.807) is 0 Å². The Morgan fingerprint density at radius 1 is 1.40 bits per heavy atom. The summed E-state index contributed by atoms with van der Waals surface area (Å²) in [4.78, 5) is 0. The first kappa shape index (κ1) is 16.2. The molecule has 1 N–H and O–H groups in total. The molecule has 0 amide bonds. The molecule has 1 aliphatic carbocycles. The number of aliphatic hydroxyl groups excluding tert-OH is 1. The third kappa shape index (κ3) is 4.15. The summed E-state index contributed by atoms with van der Waals surface area (Å²) in [6.45, 7) is 10.9. The van der Waals surface area contributed by atoms with Crippen molar-refractivity contribution < 1.29 is 19.0 Å². The lowest BCUT2D eigenvalue weighted by Gasteiger charge is -2.35. The Bertz CT molecular complexity index is 373. The van der Waals surface area contributed by atoms with Gasteiger partial charge in [0.2, 0.25) is 0 Å². The lowest BCUT2D eigenvalue weighted by Crippen LogP contribution is -2.44. The predicted molar refractivity (Wildman–Crippen MR) is 81.1 cm³/mol. The third-order valence-corrected chi connectivity index (χ3v) is 4.58. The molecule has 0 spiro atoms. The van der Waals surface area contributed by atoms with Gasteiger partial charge in [0.05, 0.1) is 18.8 Å². The Kier molecular flexibility index (Phi) is 4.76. The monoisotopic (exact) mass is 300 g/mol. The molecule has 20 heavy (non-hydrogen) atoms. The van der Waals surface area contributed by atoms with Crippen molar-refractivity contribution in [3.8, 4) is 0 Å². The predicted octanol–water partition coefficient (Wildman–Crippen LogP) is 2.83. The fourth-order valence-electron chi connectivity index (χ4n) is 2.79. The zero-order chi connectivity index (χ0) is 15.0. The number of hydrogen-bond donors (Lipinski definition) is 1. The van der Waals surface area contributed by atoms with Crippen LogP contribution in [-0.4, -0.2) is 44.1 Å². The minimum absolute atomic E-state index is 0.129. The highest BCUT2D eigenvalue weighted by Gasteiger charge is 2.42. The molecule has 0 aromatic heterocycles. The molecule has 1 aliphatic heterocycles. The van der Waals surface area contributed by atoms with E-state index in [-0.39, 0.29) is 12.2 Å². The van der Waals surface area contributed by atoms with Crippen LogP contribution in [0.2, 0.25) is 19.6 Å². The van der Waals surface area contributed by atoms with Crippen molar-refractivity contribution in [2.45, 2.75) is 76.8 Å². The van der Waals surface area contributed by atoms with Crippen LogP contribution in [0.15, 0.2) is 11.6 Å². The Morgan fingerprint density at radius 2 is 2.10 bits per heavy atom. The lowest BCUT2D eigenvalue weighted by atomic mass is 9.90. The maximum atomic E-state index is 10.3. The quantitative estimate of drug-likeness (QED) is 0.640. The van der Waals surface area contributed by atoms with Gasteiger partial charge in [-0.25, -0.2) is 0 Å². The molecular formula is C15H28O4Si. The van der Waals surface area contributed by atoms with E-state index in [9.17, 15) is 5.11 Å². The Labute approximate surface area is 123 Å². The van der Waals surface area contributed by atoms with Gasteiger partial charge in [-0.15, -0.1) is 0 Å². The summed E-state index contributed by atoms with van der Waals surface area (Å²) in [6.07, 6.45) is 4.28. The van der Waals surface area contributed by atoms with Gasteiger partial charge in [0.1, 0.15) is 6.10 Å². The van der Waals surface area contributed by atoms with Gasteiger partial charge in [0, 0.05) is 0 Å². The molecule has 116 valence electrons. The highest BCUT2D eigenvalue weighted by Crippen LogP contribution is 2.33. The Morgan fingerprint density at radius 3 is 2.60 bits per heavy atom. The highest BCUT2D eigenvalue weighted by atomic mass is 28.4. The zero-order valence-electron chi connectivity index (χ0n) is 13.3. The molecule has 5 heteroatoms. The largest absolute Gasteiger partial charge is 0.408 e. The minimum atomic E-state index is -1.74. The summed E-state index contributed by atoms with van der Waals surface area (Å²) in [5, 5.41) is 10.3. The molecule has 1 fully saturated rings. The van der Waals surface area contributed by atoms with E-state index in [4.69, 9.17) is 13.9 Å². The van der Waals surface area contributed by atoms with E-state index in [0.29, 0.717) is 6.61 Å². The van der Waals surface area contributed by atoms with Crippen LogP contribution in [0.3, 0.4) is 0 Å². The van der Waals surface area contributed by atoms with Crippen LogP contribution in [0.25, 0.3) is 0 Å². The Balaban J connectivity index is 2.19. The second-order valence-corrected chi connectivity index (χ2v) is 11.6. The van der Waals surface area contributed by atoms with Gasteiger partial charge in [-0.05, 0) is 58.3 Å². The van der Waals surface area contributed by atoms with Crippen LogP contribution in [0, 0.1) is 0 Å². The first-order chi connectivity index (χ1) is 9.18. The fourth-order valence-corrected chi connectivity index (χ4v) is 3.84. The van der Waals surface area contributed by atoms with Crippen molar-refractivity contribution in [1.29, 1.82) is 0 Å². The molecule has 1 heterocycles. The van der Waals surface area contributed by atoms with E-state index < -0.39 is 20.2 Å². The van der Waals surface area contributed by atoms with Crippen LogP contribution >= 0.6 is 0 Å². The van der Waals surface area contributed by atoms with Crippen LogP contribution in [0.4, 0.5) is 0 Å². The average Bonchev–Trinajstić information content (AvgIpc) is 2.66. The molecule has 2 aliphatic rings. The molecule has 3 atom stereocenters. The van der Waals surface area contributed by atoms with Crippen molar-refractivity contribution in [3.05, 3.63) is 11.6 Å². The summed E-state index contributed by atoms with van der Waals surface area (Å²) >= 11 is 0. The molecule has 1 saturated heterocycles. The van der Waals surface area contributed by atoms with Gasteiger partial charge in [-0.1, -0.05) is 6.08 Å². The summed E-state index contributed by atoms with van der Waals surface area (Å²) in [7, 11) is -1.74. The standard InChI is InChI=1S/C15H28O4Si/c1-15(2)17-10-13(18-15)14(19-20(3,4)5)11-8-6-7-9-12(11)16/h8,12-14,16H,6-7,9-10H2,1-5H3. The van der Waals surface area contributed by atoms with Crippen LogP contribution < -0.4 is 0 Å². The maximum Gasteiger partial charge on any atom is 0.184 e. The van der Waals surface area contributed by atoms with Gasteiger partial charge >= 0.3 is 0 Å². The van der Waals surface area contributed by atoms with Crippen molar-refractivity contribution in [3.63, 3.8) is 0 Å². The maximum absolute atomic E-state index is 10.3. The fraction of sp³-hybridized carbons (Fsp3) is 0.867. The summed E-state index contributed by atoms with van der Waals surface area (Å²) in [5.74, 6) is -0.564. The van der Waals surface area contributed by atoms with E-state index in [0.717, 1.165) is 24.8 Å². The zero-order valence-corrected chi connectivity index (χ0v) is 14.3. The van der Waals surface area contributed by atoms with Gasteiger partial charge in [-0.3, -0.25) is 0 Å². The lowest BCUT2D eigenvalue weighted by molar-refractivity contribution is -0.147. The van der Waals surface area contributed by atoms with Crippen LogP contribution in [-0.2, 0) is 13.9 Å². The van der Waals surface area contributed by atoms with Crippen LogP contribution in [0.5, 0.6) is 0 Å². The van der Waals surface area contributed by atoms with Crippen LogP contribution in [0.1, 0.15) is 33.1 Å². The van der Waals surface area contributed by atoms with Crippen molar-refractivity contribution >= 4 is 8.32 Å². The summed E-state index contributed by atoms with van der Waals surface area (Å²) in [6, 6.07) is 0. The Hall–Kier alpha value is -0.203. The van der Waals surface area contributed by atoms with Gasteiger partial charge in [0.25, 0.3) is 0 Å². The molecule has 0 bridgehead atoms. The second-order valence-electron chi connectivity index (χ2n) is 7.17. The topological polar surface area (TPSA) is 47.9 Å². The molecule has 0 radical (unpaired) electrons. The van der Waals surface area contributed by atoms with Gasteiger partial charge in [-0.2, -0.15) is 0 Å². The molecular weight excluding hydrogens is 272 g/mol. The third-order valence-electron chi connectivity index (χ3n) is 3.62. The molecule has 4 nitrogen and oxygen atoms in total. The first-order valence-electron chi connectivity index (χ1n) is 7.55. The van der Waals surface area contributed by atoms with Gasteiger partial charge in [0.15, 0.2) is 14.1 Å². The van der Waals surface area contributed by atoms with E-state index >= 15 is 0 Å². The second kappa shape index (κ2) is 5.89. The number of aliphatic hydroxyl groups is 1. The molecule has 0 aromatic rings. The van der Waals surface area contributed by atoms with Crippen molar-refractivity contribution in [2.75, 3.05) is 6.61 Å². The summed E-state index contributed by atoms with van der Waals surface area (Å²) < 4.78 is 18.0. The molecule has 2 rings (SSSR count). The highest BCUT2D eigenvalue weighted by molar-refractivity contribution is 6.69. The number of rotatable bonds is 4. The smallest absolute Gasteiger partial charge is 0.184 e. The molecule has 0 saturated carbocycles. The number of allylic oxidation sites excluding steroid dienone is 1. The number of hydrogen-bond acceptors (Lipinski definition) is 4.